The summed E-state index contributed by atoms with van der Waals surface area (Å²) in [6.07, 6.45) is 3.02. The molecule has 0 unspecified atom stereocenters. The van der Waals surface area contributed by atoms with Gasteiger partial charge in [-0.15, -0.1) is 16.4 Å². The van der Waals surface area contributed by atoms with Gasteiger partial charge in [-0.05, 0) is 85.5 Å². The van der Waals surface area contributed by atoms with E-state index in [0.717, 1.165) is 42.3 Å². The highest BCUT2D eigenvalue weighted by atomic mass is 32.1. The number of nitrogens with zero attached hydrogens (tertiary/aromatic N) is 5. The largest absolute Gasteiger partial charge is 0.377 e. The lowest BCUT2D eigenvalue weighted by molar-refractivity contribution is 0.0566. The quantitative estimate of drug-likeness (QED) is 0.351. The second-order valence-corrected chi connectivity index (χ2v) is 11.3. The van der Waals surface area contributed by atoms with Gasteiger partial charge in [-0.25, -0.2) is 4.68 Å². The fraction of sp³-hybridized carbons (Fsp3) is 0.481. The fourth-order valence-corrected chi connectivity index (χ4v) is 5.63. The van der Waals surface area contributed by atoms with Gasteiger partial charge in [-0.2, -0.15) is 0 Å². The first kappa shape index (κ1) is 24.8. The zero-order valence-electron chi connectivity index (χ0n) is 21.4. The van der Waals surface area contributed by atoms with E-state index in [-0.39, 0.29) is 17.2 Å². The van der Waals surface area contributed by atoms with Crippen molar-refractivity contribution in [3.8, 4) is 0 Å². The Labute approximate surface area is 215 Å². The molecule has 1 aliphatic heterocycles. The number of tetrazole rings is 1. The van der Waals surface area contributed by atoms with Gasteiger partial charge in [-0.1, -0.05) is 24.6 Å². The van der Waals surface area contributed by atoms with E-state index < -0.39 is 6.04 Å². The average molecular weight is 507 g/mol. The summed E-state index contributed by atoms with van der Waals surface area (Å²) >= 11 is 1.72. The number of pyridine rings is 1. The third-order valence-electron chi connectivity index (χ3n) is 7.27. The Kier molecular flexibility index (Phi) is 7.05. The van der Waals surface area contributed by atoms with Gasteiger partial charge in [0.1, 0.15) is 6.04 Å². The Hall–Kier alpha value is -2.88. The van der Waals surface area contributed by atoms with Gasteiger partial charge in [-0.3, -0.25) is 9.69 Å². The minimum atomic E-state index is -0.439. The van der Waals surface area contributed by atoms with Crippen molar-refractivity contribution in [3.63, 3.8) is 0 Å². The molecule has 4 heterocycles. The highest BCUT2D eigenvalue weighted by Gasteiger charge is 2.36. The molecular weight excluding hydrogens is 472 g/mol. The summed E-state index contributed by atoms with van der Waals surface area (Å²) in [6, 6.07) is 11.9. The number of nitrogens with one attached hydrogen (secondary N) is 1. The van der Waals surface area contributed by atoms with Gasteiger partial charge < -0.3 is 9.72 Å². The van der Waals surface area contributed by atoms with Crippen LogP contribution in [0.1, 0.15) is 67.9 Å². The molecule has 190 valence electrons. The van der Waals surface area contributed by atoms with Crippen molar-refractivity contribution in [1.29, 1.82) is 0 Å². The summed E-state index contributed by atoms with van der Waals surface area (Å²) < 4.78 is 7.96. The third kappa shape index (κ3) is 5.00. The van der Waals surface area contributed by atoms with Gasteiger partial charge in [0.15, 0.2) is 5.82 Å². The Morgan fingerprint density at radius 1 is 1.31 bits per heavy atom. The molecule has 3 aromatic heterocycles. The lowest BCUT2D eigenvalue weighted by Gasteiger charge is -2.34. The second-order valence-electron chi connectivity index (χ2n) is 10.3. The molecule has 1 saturated heterocycles. The number of aromatic amines is 1. The number of fused-ring (bicyclic) bond motifs is 1. The van der Waals surface area contributed by atoms with E-state index >= 15 is 0 Å². The molecule has 5 rings (SSSR count). The lowest BCUT2D eigenvalue weighted by atomic mass is 9.98. The molecular formula is C27H34N6O2S. The first-order valence-electron chi connectivity index (χ1n) is 12.7. The molecule has 9 heteroatoms. The van der Waals surface area contributed by atoms with E-state index in [1.54, 1.807) is 11.3 Å². The standard InChI is InChI=1S/C27H34N6O2S/c1-5-27(3,4)33-25(29-30-31-33)24(22-15-19-14-18(2)10-11-23(19)28-26(22)34)32(16-20-8-6-12-35-20)17-21-9-7-13-36-21/h7,9-11,13-15,20,24H,5-6,8,12,16-17H2,1-4H3,(H,28,34)/t20-,24+/m0/s1. The molecule has 0 bridgehead atoms. The monoisotopic (exact) mass is 506 g/mol. The molecule has 0 radical (unpaired) electrons. The Balaban J connectivity index is 1.70. The maximum Gasteiger partial charge on any atom is 0.253 e. The first-order chi connectivity index (χ1) is 17.4. The molecule has 0 aliphatic carbocycles. The summed E-state index contributed by atoms with van der Waals surface area (Å²) in [4.78, 5) is 20.3. The third-order valence-corrected chi connectivity index (χ3v) is 8.13. The molecule has 0 amide bonds. The number of rotatable bonds is 9. The molecule has 8 nitrogen and oxygen atoms in total. The zero-order chi connectivity index (χ0) is 25.3. The van der Waals surface area contributed by atoms with Crippen LogP contribution in [0.15, 0.2) is 46.6 Å². The van der Waals surface area contributed by atoms with Gasteiger partial charge in [0.25, 0.3) is 5.56 Å². The average Bonchev–Trinajstić information content (AvgIpc) is 3.63. The van der Waals surface area contributed by atoms with Gasteiger partial charge in [0.05, 0.1) is 11.6 Å². The Morgan fingerprint density at radius 3 is 2.89 bits per heavy atom. The molecule has 0 saturated carbocycles. The summed E-state index contributed by atoms with van der Waals surface area (Å²) in [5, 5.41) is 16.1. The van der Waals surface area contributed by atoms with Crippen LogP contribution in [0.4, 0.5) is 0 Å². The summed E-state index contributed by atoms with van der Waals surface area (Å²) in [6.45, 7) is 10.6. The van der Waals surface area contributed by atoms with E-state index in [9.17, 15) is 4.79 Å². The van der Waals surface area contributed by atoms with Crippen LogP contribution in [0.2, 0.25) is 0 Å². The number of aromatic nitrogens is 5. The van der Waals surface area contributed by atoms with E-state index in [1.807, 2.05) is 22.9 Å². The minimum absolute atomic E-state index is 0.109. The zero-order valence-corrected chi connectivity index (χ0v) is 22.2. The van der Waals surface area contributed by atoms with Crippen molar-refractivity contribution in [2.75, 3.05) is 13.2 Å². The van der Waals surface area contributed by atoms with Crippen LogP contribution in [0.5, 0.6) is 0 Å². The van der Waals surface area contributed by atoms with Gasteiger partial charge in [0, 0.05) is 35.7 Å². The molecule has 1 fully saturated rings. The maximum atomic E-state index is 13.6. The van der Waals surface area contributed by atoms with E-state index in [0.29, 0.717) is 24.5 Å². The fourth-order valence-electron chi connectivity index (χ4n) is 4.90. The summed E-state index contributed by atoms with van der Waals surface area (Å²) in [7, 11) is 0. The molecule has 2 atom stereocenters. The molecule has 1 aliphatic rings. The number of hydrogen-bond acceptors (Lipinski definition) is 7. The summed E-state index contributed by atoms with van der Waals surface area (Å²) in [5.41, 5.74) is 2.18. The molecule has 1 aromatic carbocycles. The van der Waals surface area contributed by atoms with Crippen molar-refractivity contribution < 1.29 is 4.74 Å². The van der Waals surface area contributed by atoms with Crippen LogP contribution in [0, 0.1) is 6.92 Å². The minimum Gasteiger partial charge on any atom is -0.377 e. The van der Waals surface area contributed by atoms with E-state index in [4.69, 9.17) is 4.74 Å². The van der Waals surface area contributed by atoms with Gasteiger partial charge >= 0.3 is 0 Å². The maximum absolute atomic E-state index is 13.6. The molecule has 36 heavy (non-hydrogen) atoms. The number of thiophene rings is 1. The van der Waals surface area contributed by atoms with Crippen LogP contribution in [0.3, 0.4) is 0 Å². The highest BCUT2D eigenvalue weighted by molar-refractivity contribution is 7.09. The van der Waals surface area contributed by atoms with Crippen LogP contribution >= 0.6 is 11.3 Å². The summed E-state index contributed by atoms with van der Waals surface area (Å²) in [5.74, 6) is 0.675. The van der Waals surface area contributed by atoms with Crippen molar-refractivity contribution in [1.82, 2.24) is 30.1 Å². The number of H-pyrrole nitrogens is 1. The van der Waals surface area contributed by atoms with Crippen LogP contribution in [-0.4, -0.2) is 49.3 Å². The van der Waals surface area contributed by atoms with Crippen LogP contribution in [0.25, 0.3) is 10.9 Å². The number of ether oxygens (including phenoxy) is 1. The Morgan fingerprint density at radius 2 is 2.17 bits per heavy atom. The van der Waals surface area contributed by atoms with Crippen molar-refractivity contribution in [2.45, 2.75) is 71.2 Å². The predicted molar refractivity (Wildman–Crippen MR) is 142 cm³/mol. The van der Waals surface area contributed by atoms with Crippen molar-refractivity contribution in [3.05, 3.63) is 74.0 Å². The van der Waals surface area contributed by atoms with E-state index in [1.165, 1.54) is 4.88 Å². The number of aryl methyl sites for hydroxylation is 1. The second kappa shape index (κ2) is 10.2. The smallest absolute Gasteiger partial charge is 0.253 e. The van der Waals surface area contributed by atoms with Crippen LogP contribution < -0.4 is 5.56 Å². The molecule has 4 aromatic rings. The van der Waals surface area contributed by atoms with E-state index in [2.05, 4.69) is 76.7 Å². The van der Waals surface area contributed by atoms with Crippen molar-refractivity contribution in [2.24, 2.45) is 0 Å². The van der Waals surface area contributed by atoms with Crippen molar-refractivity contribution >= 4 is 22.2 Å². The topological polar surface area (TPSA) is 88.9 Å². The highest BCUT2D eigenvalue weighted by Crippen LogP contribution is 2.33. The predicted octanol–water partition coefficient (Wildman–Crippen LogP) is 4.80. The Bertz CT molecular complexity index is 1370. The number of benzene rings is 1. The first-order valence-corrected chi connectivity index (χ1v) is 13.5. The number of hydrogen-bond donors (Lipinski definition) is 1. The van der Waals surface area contributed by atoms with Gasteiger partial charge in [0.2, 0.25) is 0 Å². The van der Waals surface area contributed by atoms with Crippen LogP contribution in [-0.2, 0) is 16.8 Å². The lowest BCUT2D eigenvalue weighted by Crippen LogP contribution is -2.41. The normalized spacial score (nSPS) is 17.3. The molecule has 1 N–H and O–H groups in total. The SMILES string of the molecule is CCC(C)(C)n1nnnc1[C@@H](c1cc2cc(C)ccc2[nH]c1=O)N(Cc1cccs1)C[C@@H]1CCCO1. The molecule has 0 spiro atoms.